The summed E-state index contributed by atoms with van der Waals surface area (Å²) in [7, 11) is 0. The SMILES string of the molecule is CCCCC(=NN=CCc1ccc(C)cc1)C(=O)NC1CCc2ccc(Cl)cc2NC1=O. The minimum absolute atomic E-state index is 0.253. The van der Waals surface area contributed by atoms with Crippen LogP contribution < -0.4 is 10.6 Å². The fraction of sp³-hybridized carbons (Fsp3) is 0.360. The Bertz CT molecular complexity index is 1020. The molecule has 32 heavy (non-hydrogen) atoms. The van der Waals surface area contributed by atoms with Gasteiger partial charge in [-0.15, -0.1) is 0 Å². The van der Waals surface area contributed by atoms with E-state index in [1.165, 1.54) is 5.56 Å². The maximum Gasteiger partial charge on any atom is 0.268 e. The van der Waals surface area contributed by atoms with E-state index in [0.29, 0.717) is 42.1 Å². The van der Waals surface area contributed by atoms with Gasteiger partial charge in [0.1, 0.15) is 11.8 Å². The van der Waals surface area contributed by atoms with Crippen molar-refractivity contribution in [2.24, 2.45) is 10.2 Å². The van der Waals surface area contributed by atoms with E-state index in [4.69, 9.17) is 11.6 Å². The van der Waals surface area contributed by atoms with Crippen molar-refractivity contribution in [3.8, 4) is 0 Å². The summed E-state index contributed by atoms with van der Waals surface area (Å²) in [6, 6.07) is 13.0. The van der Waals surface area contributed by atoms with Gasteiger partial charge in [-0.3, -0.25) is 9.59 Å². The summed E-state index contributed by atoms with van der Waals surface area (Å²) in [4.78, 5) is 25.6. The Hall–Kier alpha value is -2.99. The van der Waals surface area contributed by atoms with Crippen LogP contribution in [0.4, 0.5) is 5.69 Å². The van der Waals surface area contributed by atoms with Crippen LogP contribution in [0.2, 0.25) is 5.02 Å². The number of fused-ring (bicyclic) bond motifs is 1. The van der Waals surface area contributed by atoms with E-state index in [2.05, 4.69) is 39.9 Å². The molecule has 2 aromatic carbocycles. The highest BCUT2D eigenvalue weighted by Gasteiger charge is 2.26. The van der Waals surface area contributed by atoms with Crippen LogP contribution in [0.25, 0.3) is 0 Å². The number of rotatable bonds is 8. The fourth-order valence-electron chi connectivity index (χ4n) is 3.45. The zero-order chi connectivity index (χ0) is 22.9. The predicted octanol–water partition coefficient (Wildman–Crippen LogP) is 4.88. The maximum atomic E-state index is 12.9. The van der Waals surface area contributed by atoms with Crippen LogP contribution in [-0.2, 0) is 22.4 Å². The summed E-state index contributed by atoms with van der Waals surface area (Å²) in [5.41, 5.74) is 4.37. The lowest BCUT2D eigenvalue weighted by Gasteiger charge is -2.15. The molecule has 0 saturated carbocycles. The quantitative estimate of drug-likeness (QED) is 0.442. The van der Waals surface area contributed by atoms with Gasteiger partial charge >= 0.3 is 0 Å². The van der Waals surface area contributed by atoms with Gasteiger partial charge in [-0.25, -0.2) is 0 Å². The van der Waals surface area contributed by atoms with Crippen LogP contribution in [0.3, 0.4) is 0 Å². The van der Waals surface area contributed by atoms with E-state index < -0.39 is 6.04 Å². The monoisotopic (exact) mass is 452 g/mol. The molecule has 2 aromatic rings. The van der Waals surface area contributed by atoms with Crippen LogP contribution in [0.15, 0.2) is 52.7 Å². The topological polar surface area (TPSA) is 82.9 Å². The molecule has 2 amide bonds. The van der Waals surface area contributed by atoms with Crippen molar-refractivity contribution in [3.63, 3.8) is 0 Å². The first-order chi connectivity index (χ1) is 15.5. The molecule has 1 aliphatic heterocycles. The van der Waals surface area contributed by atoms with Gasteiger partial charge in [0.25, 0.3) is 5.91 Å². The maximum absolute atomic E-state index is 12.9. The van der Waals surface area contributed by atoms with Crippen LogP contribution in [0.5, 0.6) is 0 Å². The highest BCUT2D eigenvalue weighted by molar-refractivity contribution is 6.39. The molecule has 0 spiro atoms. The van der Waals surface area contributed by atoms with Gasteiger partial charge in [-0.1, -0.05) is 60.8 Å². The Morgan fingerprint density at radius 1 is 1.25 bits per heavy atom. The van der Waals surface area contributed by atoms with Crippen molar-refractivity contribution in [1.82, 2.24) is 5.32 Å². The predicted molar refractivity (Wildman–Crippen MR) is 131 cm³/mol. The number of nitrogens with zero attached hydrogens (tertiary/aromatic N) is 2. The van der Waals surface area contributed by atoms with Gasteiger partial charge in [0.05, 0.1) is 0 Å². The summed E-state index contributed by atoms with van der Waals surface area (Å²) in [5.74, 6) is -0.604. The summed E-state index contributed by atoms with van der Waals surface area (Å²) >= 11 is 6.04. The minimum atomic E-state index is -0.642. The summed E-state index contributed by atoms with van der Waals surface area (Å²) < 4.78 is 0. The molecule has 1 atom stereocenters. The lowest BCUT2D eigenvalue weighted by molar-refractivity contribution is -0.123. The number of carbonyl (C=O) groups is 2. The van der Waals surface area contributed by atoms with E-state index in [1.807, 2.05) is 25.1 Å². The Morgan fingerprint density at radius 3 is 2.78 bits per heavy atom. The second-order valence-corrected chi connectivity index (χ2v) is 8.43. The number of hydrogen-bond donors (Lipinski definition) is 2. The molecule has 0 aliphatic carbocycles. The third-order valence-electron chi connectivity index (χ3n) is 5.39. The summed E-state index contributed by atoms with van der Waals surface area (Å²) in [6.45, 7) is 4.10. The Kier molecular flexibility index (Phi) is 8.56. The summed E-state index contributed by atoms with van der Waals surface area (Å²) in [6.07, 6.45) is 5.76. The summed E-state index contributed by atoms with van der Waals surface area (Å²) in [5, 5.41) is 14.6. The lowest BCUT2D eigenvalue weighted by atomic mass is 10.1. The molecule has 6 nitrogen and oxygen atoms in total. The number of anilines is 1. The molecular weight excluding hydrogens is 424 g/mol. The van der Waals surface area contributed by atoms with Crippen molar-refractivity contribution in [2.45, 2.75) is 58.4 Å². The Morgan fingerprint density at radius 2 is 2.03 bits per heavy atom. The van der Waals surface area contributed by atoms with Crippen LogP contribution in [0.1, 0.15) is 49.3 Å². The van der Waals surface area contributed by atoms with Crippen LogP contribution >= 0.6 is 11.6 Å². The van der Waals surface area contributed by atoms with E-state index in [0.717, 1.165) is 24.0 Å². The van der Waals surface area contributed by atoms with E-state index in [-0.39, 0.29) is 11.8 Å². The normalized spacial score (nSPS) is 16.4. The van der Waals surface area contributed by atoms with E-state index in [1.54, 1.807) is 18.3 Å². The van der Waals surface area contributed by atoms with Gasteiger partial charge < -0.3 is 10.6 Å². The molecule has 7 heteroatoms. The molecule has 2 N–H and O–H groups in total. The number of amides is 2. The van der Waals surface area contributed by atoms with Gasteiger partial charge in [0.15, 0.2) is 0 Å². The number of nitrogens with one attached hydrogen (secondary N) is 2. The number of unbranched alkanes of at least 4 members (excludes halogenated alkanes) is 1. The van der Waals surface area contributed by atoms with Crippen molar-refractivity contribution in [1.29, 1.82) is 0 Å². The molecule has 1 aliphatic rings. The second kappa shape index (κ2) is 11.6. The number of benzene rings is 2. The number of halogens is 1. The minimum Gasteiger partial charge on any atom is -0.339 e. The Labute approximate surface area is 194 Å². The van der Waals surface area contributed by atoms with Crippen molar-refractivity contribution >= 4 is 41.0 Å². The zero-order valence-electron chi connectivity index (χ0n) is 18.5. The first-order valence-electron chi connectivity index (χ1n) is 11.0. The molecular formula is C25H29ClN4O2. The van der Waals surface area contributed by atoms with Gasteiger partial charge in [0, 0.05) is 23.3 Å². The third-order valence-corrected chi connectivity index (χ3v) is 5.63. The molecule has 0 bridgehead atoms. The fourth-order valence-corrected chi connectivity index (χ4v) is 3.62. The third kappa shape index (κ3) is 6.76. The first kappa shape index (κ1) is 23.7. The molecule has 0 radical (unpaired) electrons. The lowest BCUT2D eigenvalue weighted by Crippen LogP contribution is -2.45. The van der Waals surface area contributed by atoms with Crippen LogP contribution in [-0.4, -0.2) is 29.8 Å². The molecule has 3 rings (SSSR count). The average molecular weight is 453 g/mol. The van der Waals surface area contributed by atoms with Crippen molar-refractivity contribution in [2.75, 3.05) is 5.32 Å². The van der Waals surface area contributed by atoms with Gasteiger partial charge in [0.2, 0.25) is 5.91 Å². The van der Waals surface area contributed by atoms with Crippen molar-refractivity contribution < 1.29 is 9.59 Å². The highest BCUT2D eigenvalue weighted by Crippen LogP contribution is 2.25. The molecule has 0 aromatic heterocycles. The van der Waals surface area contributed by atoms with E-state index >= 15 is 0 Å². The second-order valence-electron chi connectivity index (χ2n) is 7.99. The van der Waals surface area contributed by atoms with E-state index in [9.17, 15) is 9.59 Å². The largest absolute Gasteiger partial charge is 0.339 e. The molecule has 0 saturated heterocycles. The molecule has 0 fully saturated rings. The van der Waals surface area contributed by atoms with Gasteiger partial charge in [-0.2, -0.15) is 10.2 Å². The molecule has 168 valence electrons. The van der Waals surface area contributed by atoms with Crippen molar-refractivity contribution in [3.05, 3.63) is 64.2 Å². The van der Waals surface area contributed by atoms with Gasteiger partial charge in [-0.05, 0) is 55.9 Å². The highest BCUT2D eigenvalue weighted by atomic mass is 35.5. The Balaban J connectivity index is 1.64. The smallest absolute Gasteiger partial charge is 0.268 e. The molecule has 1 unspecified atom stereocenters. The average Bonchev–Trinajstić information content (AvgIpc) is 2.92. The molecule has 1 heterocycles. The first-order valence-corrected chi connectivity index (χ1v) is 11.4. The standard InChI is InChI=1S/C25H29ClN4O2/c1-3-4-5-22(30-27-15-14-18-8-6-17(2)7-9-18)25(32)28-21-13-11-19-10-12-20(26)16-23(19)29-24(21)31/h6-10,12,15-16,21H,3-5,11,13-14H2,1-2H3,(H,28,32)(H,29,31). The number of carbonyl (C=O) groups excluding carboxylic acids is 2. The van der Waals surface area contributed by atoms with Crippen LogP contribution in [0, 0.1) is 6.92 Å². The number of hydrogen-bond acceptors (Lipinski definition) is 4. The zero-order valence-corrected chi connectivity index (χ0v) is 19.3. The number of aryl methyl sites for hydroxylation is 2.